The fourth-order valence-corrected chi connectivity index (χ4v) is 1.89. The molecule has 0 atom stereocenters. The molecule has 0 amide bonds. The smallest absolute Gasteiger partial charge is 0.327 e. The van der Waals surface area contributed by atoms with E-state index in [9.17, 15) is 4.79 Å². The van der Waals surface area contributed by atoms with Crippen LogP contribution in [0.4, 0.5) is 0 Å². The van der Waals surface area contributed by atoms with Crippen LogP contribution < -0.4 is 4.74 Å². The molecule has 3 nitrogen and oxygen atoms in total. The number of allylic oxidation sites excluding steroid dienone is 1. The monoisotopic (exact) mass is 248 g/mol. The third-order valence-electron chi connectivity index (χ3n) is 2.76. The van der Waals surface area contributed by atoms with Gasteiger partial charge in [-0.25, -0.2) is 4.79 Å². The highest BCUT2D eigenvalue weighted by Crippen LogP contribution is 2.29. The molecule has 0 aliphatic rings. The SMILES string of the molecule is COc1ccc(C)cc1CC(C)(C)/C=C/C(=O)O. The predicted octanol–water partition coefficient (Wildman–Crippen LogP) is 3.21. The number of benzene rings is 1. The van der Waals surface area contributed by atoms with E-state index >= 15 is 0 Å². The molecule has 0 fully saturated rings. The van der Waals surface area contributed by atoms with Crippen molar-refractivity contribution in [2.75, 3.05) is 7.11 Å². The maximum atomic E-state index is 10.6. The largest absolute Gasteiger partial charge is 0.496 e. The zero-order chi connectivity index (χ0) is 13.8. The number of carboxylic acid groups (broad SMARTS) is 1. The predicted molar refractivity (Wildman–Crippen MR) is 72.0 cm³/mol. The minimum Gasteiger partial charge on any atom is -0.496 e. The van der Waals surface area contributed by atoms with Crippen molar-refractivity contribution in [3.05, 3.63) is 41.5 Å². The van der Waals surface area contributed by atoms with Gasteiger partial charge in [0.1, 0.15) is 5.75 Å². The summed E-state index contributed by atoms with van der Waals surface area (Å²) in [6, 6.07) is 6.03. The van der Waals surface area contributed by atoms with E-state index in [2.05, 4.69) is 6.07 Å². The average Bonchev–Trinajstić information content (AvgIpc) is 2.26. The van der Waals surface area contributed by atoms with Crippen molar-refractivity contribution < 1.29 is 14.6 Å². The first kappa shape index (κ1) is 14.3. The summed E-state index contributed by atoms with van der Waals surface area (Å²) >= 11 is 0. The lowest BCUT2D eigenvalue weighted by Crippen LogP contribution is -2.13. The van der Waals surface area contributed by atoms with Crippen molar-refractivity contribution in [1.82, 2.24) is 0 Å². The van der Waals surface area contributed by atoms with Crippen LogP contribution in [0.2, 0.25) is 0 Å². The number of carbonyl (C=O) groups is 1. The fraction of sp³-hybridized carbons (Fsp3) is 0.400. The van der Waals surface area contributed by atoms with Crippen molar-refractivity contribution in [2.45, 2.75) is 27.2 Å². The standard InChI is InChI=1S/C15H20O3/c1-11-5-6-13(18-4)12(9-11)10-15(2,3)8-7-14(16)17/h5-9H,10H2,1-4H3,(H,16,17)/b8-7+. The third kappa shape index (κ3) is 4.24. The average molecular weight is 248 g/mol. The summed E-state index contributed by atoms with van der Waals surface area (Å²) in [5.41, 5.74) is 2.04. The molecule has 0 saturated carbocycles. The van der Waals surface area contributed by atoms with E-state index in [1.807, 2.05) is 32.9 Å². The Bertz CT molecular complexity index is 459. The van der Waals surface area contributed by atoms with Crippen LogP contribution in [0.25, 0.3) is 0 Å². The van der Waals surface area contributed by atoms with E-state index in [-0.39, 0.29) is 5.41 Å². The van der Waals surface area contributed by atoms with Crippen LogP contribution in [0.15, 0.2) is 30.4 Å². The summed E-state index contributed by atoms with van der Waals surface area (Å²) in [5, 5.41) is 8.68. The fourth-order valence-electron chi connectivity index (χ4n) is 1.89. The van der Waals surface area contributed by atoms with Gasteiger partial charge >= 0.3 is 5.97 Å². The van der Waals surface area contributed by atoms with E-state index in [4.69, 9.17) is 9.84 Å². The Morgan fingerprint density at radius 2 is 2.11 bits per heavy atom. The highest BCUT2D eigenvalue weighted by atomic mass is 16.5. The Morgan fingerprint density at radius 1 is 1.44 bits per heavy atom. The Morgan fingerprint density at radius 3 is 2.67 bits per heavy atom. The molecular formula is C15H20O3. The molecule has 0 radical (unpaired) electrons. The molecule has 0 aliphatic carbocycles. The second-order valence-electron chi connectivity index (χ2n) is 5.15. The van der Waals surface area contributed by atoms with E-state index < -0.39 is 5.97 Å². The van der Waals surface area contributed by atoms with Crippen LogP contribution in [-0.4, -0.2) is 18.2 Å². The van der Waals surface area contributed by atoms with Gasteiger partial charge < -0.3 is 9.84 Å². The lowest BCUT2D eigenvalue weighted by Gasteiger charge is -2.21. The molecule has 3 heteroatoms. The van der Waals surface area contributed by atoms with Crippen LogP contribution in [-0.2, 0) is 11.2 Å². The Hall–Kier alpha value is -1.77. The summed E-state index contributed by atoms with van der Waals surface area (Å²) in [7, 11) is 1.65. The molecule has 1 aromatic carbocycles. The number of aliphatic carboxylic acids is 1. The Labute approximate surface area is 108 Å². The number of ether oxygens (including phenoxy) is 1. The minimum atomic E-state index is -0.917. The molecule has 0 heterocycles. The van der Waals surface area contributed by atoms with Crippen molar-refractivity contribution in [3.8, 4) is 5.75 Å². The second kappa shape index (κ2) is 5.71. The summed E-state index contributed by atoms with van der Waals surface area (Å²) in [5.74, 6) is -0.0725. The Kier molecular flexibility index (Phi) is 4.54. The minimum absolute atomic E-state index is 0.223. The third-order valence-corrected chi connectivity index (χ3v) is 2.76. The van der Waals surface area contributed by atoms with Gasteiger partial charge in [-0.05, 0) is 30.4 Å². The highest BCUT2D eigenvalue weighted by Gasteiger charge is 2.18. The normalized spacial score (nSPS) is 11.8. The van der Waals surface area contributed by atoms with Crippen molar-refractivity contribution in [1.29, 1.82) is 0 Å². The van der Waals surface area contributed by atoms with Gasteiger partial charge in [-0.2, -0.15) is 0 Å². The van der Waals surface area contributed by atoms with Gasteiger partial charge in [0.25, 0.3) is 0 Å². The van der Waals surface area contributed by atoms with Crippen molar-refractivity contribution >= 4 is 5.97 Å². The lowest BCUT2D eigenvalue weighted by molar-refractivity contribution is -0.131. The number of methoxy groups -OCH3 is 1. The second-order valence-corrected chi connectivity index (χ2v) is 5.15. The van der Waals surface area contributed by atoms with Crippen LogP contribution in [0, 0.1) is 12.3 Å². The molecule has 18 heavy (non-hydrogen) atoms. The zero-order valence-electron chi connectivity index (χ0n) is 11.4. The van der Waals surface area contributed by atoms with E-state index in [1.165, 1.54) is 11.6 Å². The van der Waals surface area contributed by atoms with Crippen molar-refractivity contribution in [3.63, 3.8) is 0 Å². The van der Waals surface area contributed by atoms with Gasteiger partial charge in [0.05, 0.1) is 7.11 Å². The van der Waals surface area contributed by atoms with Gasteiger partial charge in [-0.1, -0.05) is 37.6 Å². The van der Waals surface area contributed by atoms with Gasteiger partial charge in [0.15, 0.2) is 0 Å². The number of hydrogen-bond acceptors (Lipinski definition) is 2. The van der Waals surface area contributed by atoms with Crippen LogP contribution in [0.5, 0.6) is 5.75 Å². The van der Waals surface area contributed by atoms with E-state index in [0.717, 1.165) is 17.7 Å². The maximum Gasteiger partial charge on any atom is 0.327 e. The summed E-state index contributed by atoms with van der Waals surface area (Å²) in [6.07, 6.45) is 3.65. The first-order valence-corrected chi connectivity index (χ1v) is 5.90. The maximum absolute atomic E-state index is 10.6. The number of carboxylic acids is 1. The summed E-state index contributed by atoms with van der Waals surface area (Å²) < 4.78 is 5.33. The van der Waals surface area contributed by atoms with Crippen LogP contribution >= 0.6 is 0 Å². The molecule has 0 aliphatic heterocycles. The number of aryl methyl sites for hydroxylation is 1. The zero-order valence-corrected chi connectivity index (χ0v) is 11.4. The summed E-state index contributed by atoms with van der Waals surface area (Å²) in [6.45, 7) is 6.05. The van der Waals surface area contributed by atoms with Crippen LogP contribution in [0.3, 0.4) is 0 Å². The molecule has 1 N–H and O–H groups in total. The van der Waals surface area contributed by atoms with E-state index in [1.54, 1.807) is 13.2 Å². The molecule has 0 spiro atoms. The van der Waals surface area contributed by atoms with E-state index in [0.29, 0.717) is 0 Å². The summed E-state index contributed by atoms with van der Waals surface area (Å²) in [4.78, 5) is 10.6. The van der Waals surface area contributed by atoms with Gasteiger partial charge in [0, 0.05) is 6.08 Å². The molecule has 98 valence electrons. The molecule has 0 bridgehead atoms. The Balaban J connectivity index is 2.95. The van der Waals surface area contributed by atoms with Gasteiger partial charge in [0.2, 0.25) is 0 Å². The molecule has 1 rings (SSSR count). The molecule has 0 unspecified atom stereocenters. The van der Waals surface area contributed by atoms with Crippen LogP contribution in [0.1, 0.15) is 25.0 Å². The first-order valence-electron chi connectivity index (χ1n) is 5.90. The molecule has 0 saturated heterocycles. The quantitative estimate of drug-likeness (QED) is 0.814. The number of rotatable bonds is 5. The highest BCUT2D eigenvalue weighted by molar-refractivity contribution is 5.79. The van der Waals surface area contributed by atoms with Gasteiger partial charge in [-0.3, -0.25) is 0 Å². The molecule has 0 aromatic heterocycles. The number of hydrogen-bond donors (Lipinski definition) is 1. The van der Waals surface area contributed by atoms with Gasteiger partial charge in [-0.15, -0.1) is 0 Å². The first-order chi connectivity index (χ1) is 8.34. The molecular weight excluding hydrogens is 228 g/mol. The lowest BCUT2D eigenvalue weighted by atomic mass is 9.84. The molecule has 1 aromatic rings. The topological polar surface area (TPSA) is 46.5 Å². The van der Waals surface area contributed by atoms with Crippen molar-refractivity contribution in [2.24, 2.45) is 5.41 Å².